The fraction of sp³-hybridized carbons (Fsp3) is 0.455. The number of benzene rings is 1. The van der Waals surface area contributed by atoms with Crippen LogP contribution in [0.2, 0.25) is 5.02 Å². The van der Waals surface area contributed by atoms with Crippen molar-refractivity contribution in [2.24, 2.45) is 10.9 Å². The van der Waals surface area contributed by atoms with E-state index in [1.165, 1.54) is 24.5 Å². The summed E-state index contributed by atoms with van der Waals surface area (Å²) < 4.78 is 14.2. The zero-order chi connectivity index (χ0) is 22.1. The van der Waals surface area contributed by atoms with Gasteiger partial charge in [0.1, 0.15) is 11.7 Å². The van der Waals surface area contributed by atoms with Crippen molar-refractivity contribution in [3.05, 3.63) is 46.3 Å². The highest BCUT2D eigenvalue weighted by molar-refractivity contribution is 6.30. The number of nitrogens with one attached hydrogen (secondary N) is 2. The Morgan fingerprint density at radius 3 is 2.62 bits per heavy atom. The Labute approximate surface area is 191 Å². The van der Waals surface area contributed by atoms with Gasteiger partial charge >= 0.3 is 0 Å². The number of piperazine rings is 1. The molecule has 0 radical (unpaired) electrons. The normalized spacial score (nSPS) is 19.0. The van der Waals surface area contributed by atoms with E-state index >= 15 is 0 Å². The number of hydrogen-bond acceptors (Lipinski definition) is 8. The van der Waals surface area contributed by atoms with E-state index < -0.39 is 0 Å². The summed E-state index contributed by atoms with van der Waals surface area (Å²) in [5.74, 6) is 2.51. The Morgan fingerprint density at radius 1 is 1.09 bits per heavy atom. The van der Waals surface area contributed by atoms with Gasteiger partial charge in [0, 0.05) is 43.3 Å². The molecule has 1 aromatic heterocycles. The molecule has 2 aromatic rings. The second-order valence-corrected chi connectivity index (χ2v) is 8.92. The number of nitrogens with zero attached hydrogens (tertiary/aromatic N) is 6. The largest absolute Gasteiger partial charge is 0.350 e. The van der Waals surface area contributed by atoms with Crippen molar-refractivity contribution >= 4 is 35.3 Å². The number of rotatable bonds is 6. The first kappa shape index (κ1) is 21.1. The van der Waals surface area contributed by atoms with Crippen LogP contribution in [0.4, 0.5) is 22.2 Å². The zero-order valence-electron chi connectivity index (χ0n) is 18.0. The molecule has 1 aliphatic carbocycles. The second-order valence-electron chi connectivity index (χ2n) is 8.48. The highest BCUT2D eigenvalue weighted by atomic mass is 35.5. The van der Waals surface area contributed by atoms with Gasteiger partial charge in [0.2, 0.25) is 17.8 Å². The van der Waals surface area contributed by atoms with Crippen molar-refractivity contribution < 1.29 is 4.39 Å². The third-order valence-corrected chi connectivity index (χ3v) is 6.19. The number of aliphatic imine (C=N–C) groups is 1. The van der Waals surface area contributed by atoms with Crippen molar-refractivity contribution in [3.8, 4) is 0 Å². The molecule has 3 heterocycles. The van der Waals surface area contributed by atoms with Gasteiger partial charge in [0.15, 0.2) is 0 Å². The molecular weight excluding hydrogens is 431 g/mol. The Bertz CT molecular complexity index is 1060. The molecule has 1 aromatic carbocycles. The average Bonchev–Trinajstić information content (AvgIpc) is 3.53. The van der Waals surface area contributed by atoms with E-state index in [1.54, 1.807) is 12.1 Å². The van der Waals surface area contributed by atoms with E-state index in [0.717, 1.165) is 38.6 Å². The highest BCUT2D eigenvalue weighted by Crippen LogP contribution is 2.37. The van der Waals surface area contributed by atoms with E-state index in [-0.39, 0.29) is 12.4 Å². The maximum Gasteiger partial charge on any atom is 0.234 e. The SMILES string of the molecule is CN1CCN(c2nc(NCc3ccc(Cl)cc3F)nc(NC3=NCC(C4CC4)=C3)n2)CC1. The van der Waals surface area contributed by atoms with Crippen LogP contribution in [0, 0.1) is 11.7 Å². The Morgan fingerprint density at radius 2 is 1.88 bits per heavy atom. The molecule has 32 heavy (non-hydrogen) atoms. The first-order valence-electron chi connectivity index (χ1n) is 10.9. The minimum absolute atomic E-state index is 0.237. The average molecular weight is 457 g/mol. The van der Waals surface area contributed by atoms with Gasteiger partial charge in [0.05, 0.1) is 6.54 Å². The molecule has 0 atom stereocenters. The first-order chi connectivity index (χ1) is 15.5. The first-order valence-corrected chi connectivity index (χ1v) is 11.3. The molecule has 5 rings (SSSR count). The number of amidine groups is 1. The van der Waals surface area contributed by atoms with Crippen molar-refractivity contribution in [3.63, 3.8) is 0 Å². The summed E-state index contributed by atoms with van der Waals surface area (Å²) in [6.45, 7) is 4.52. The minimum atomic E-state index is -0.366. The van der Waals surface area contributed by atoms with Crippen LogP contribution in [0.3, 0.4) is 0 Å². The number of hydrogen-bond donors (Lipinski definition) is 2. The van der Waals surface area contributed by atoms with E-state index in [9.17, 15) is 4.39 Å². The van der Waals surface area contributed by atoms with Crippen LogP contribution in [-0.2, 0) is 6.54 Å². The summed E-state index contributed by atoms with van der Waals surface area (Å²) in [6.07, 6.45) is 4.61. The van der Waals surface area contributed by atoms with Gasteiger partial charge < -0.3 is 20.4 Å². The Balaban J connectivity index is 1.36. The molecule has 168 valence electrons. The topological polar surface area (TPSA) is 81.6 Å². The summed E-state index contributed by atoms with van der Waals surface area (Å²) in [5, 5.41) is 6.74. The molecule has 8 nitrogen and oxygen atoms in total. The molecule has 3 aliphatic rings. The molecule has 2 fully saturated rings. The van der Waals surface area contributed by atoms with Crippen molar-refractivity contribution in [2.45, 2.75) is 19.4 Å². The van der Waals surface area contributed by atoms with Gasteiger partial charge in [-0.25, -0.2) is 4.39 Å². The fourth-order valence-electron chi connectivity index (χ4n) is 3.82. The summed E-state index contributed by atoms with van der Waals surface area (Å²) in [4.78, 5) is 22.8. The third kappa shape index (κ3) is 4.99. The Kier molecular flexibility index (Phi) is 5.93. The van der Waals surface area contributed by atoms with Crippen LogP contribution < -0.4 is 15.5 Å². The van der Waals surface area contributed by atoms with Gasteiger partial charge in [-0.15, -0.1) is 0 Å². The second kappa shape index (κ2) is 8.99. The van der Waals surface area contributed by atoms with Gasteiger partial charge in [0.25, 0.3) is 0 Å². The lowest BCUT2D eigenvalue weighted by atomic mass is 10.2. The highest BCUT2D eigenvalue weighted by Gasteiger charge is 2.28. The molecule has 1 saturated carbocycles. The summed E-state index contributed by atoms with van der Waals surface area (Å²) in [6, 6.07) is 4.63. The molecule has 0 amide bonds. The van der Waals surface area contributed by atoms with Crippen LogP contribution >= 0.6 is 11.6 Å². The standard InChI is InChI=1S/C22H26ClFN8/c1-31-6-8-32(9-7-31)22-29-20(26-12-15-4-5-17(23)11-18(15)24)28-21(30-22)27-19-10-16(13-25-19)14-2-3-14/h4-5,10-11,14H,2-3,6-9,12-13H2,1H3,(H2,25,26,27,28,29,30). The molecular formula is C22H26ClFN8. The van der Waals surface area contributed by atoms with Crippen molar-refractivity contribution in [1.82, 2.24) is 19.9 Å². The molecule has 10 heteroatoms. The van der Waals surface area contributed by atoms with Crippen LogP contribution in [0.25, 0.3) is 0 Å². The monoisotopic (exact) mass is 456 g/mol. The molecule has 0 bridgehead atoms. The zero-order valence-corrected chi connectivity index (χ0v) is 18.7. The number of aromatic nitrogens is 3. The van der Waals surface area contributed by atoms with Gasteiger partial charge in [-0.3, -0.25) is 4.99 Å². The van der Waals surface area contributed by atoms with Gasteiger partial charge in [-0.1, -0.05) is 17.7 Å². The van der Waals surface area contributed by atoms with E-state index in [1.807, 2.05) is 0 Å². The van der Waals surface area contributed by atoms with Crippen molar-refractivity contribution in [2.75, 3.05) is 55.3 Å². The summed E-state index contributed by atoms with van der Waals surface area (Å²) >= 11 is 5.86. The Hall–Kier alpha value is -2.78. The van der Waals surface area contributed by atoms with Crippen LogP contribution in [0.5, 0.6) is 0 Å². The lowest BCUT2D eigenvalue weighted by molar-refractivity contribution is 0.311. The van der Waals surface area contributed by atoms with E-state index in [0.29, 0.717) is 34.3 Å². The smallest absolute Gasteiger partial charge is 0.234 e. The van der Waals surface area contributed by atoms with Crippen molar-refractivity contribution in [1.29, 1.82) is 0 Å². The lowest BCUT2D eigenvalue weighted by Gasteiger charge is -2.32. The maximum atomic E-state index is 14.2. The van der Waals surface area contributed by atoms with E-state index in [4.69, 9.17) is 11.6 Å². The number of halogens is 2. The maximum absolute atomic E-state index is 14.2. The summed E-state index contributed by atoms with van der Waals surface area (Å²) in [5.41, 5.74) is 1.86. The molecule has 2 aliphatic heterocycles. The van der Waals surface area contributed by atoms with Crippen LogP contribution in [0.1, 0.15) is 18.4 Å². The number of anilines is 3. The quantitative estimate of drug-likeness (QED) is 0.690. The molecule has 1 saturated heterocycles. The molecule has 2 N–H and O–H groups in total. The molecule has 0 unspecified atom stereocenters. The van der Waals surface area contributed by atoms with E-state index in [2.05, 4.69) is 53.5 Å². The molecule has 0 spiro atoms. The van der Waals surface area contributed by atoms with Crippen LogP contribution in [0.15, 0.2) is 34.8 Å². The predicted molar refractivity (Wildman–Crippen MR) is 125 cm³/mol. The number of likely N-dealkylation sites (N-methyl/N-ethyl adjacent to an activating group) is 1. The third-order valence-electron chi connectivity index (χ3n) is 5.96. The lowest BCUT2D eigenvalue weighted by Crippen LogP contribution is -2.45. The predicted octanol–water partition coefficient (Wildman–Crippen LogP) is 3.19. The van der Waals surface area contributed by atoms with Gasteiger partial charge in [-0.05, 0) is 49.6 Å². The summed E-state index contributed by atoms with van der Waals surface area (Å²) in [7, 11) is 2.10. The van der Waals surface area contributed by atoms with Crippen LogP contribution in [-0.4, -0.2) is 65.5 Å². The van der Waals surface area contributed by atoms with Gasteiger partial charge in [-0.2, -0.15) is 15.0 Å². The minimum Gasteiger partial charge on any atom is -0.350 e. The fourth-order valence-corrected chi connectivity index (χ4v) is 3.98.